The van der Waals surface area contributed by atoms with Crippen molar-refractivity contribution in [1.82, 2.24) is 5.32 Å². The number of hydrogen-bond acceptors (Lipinski definition) is 3. The minimum Gasteiger partial charge on any atom is -0.362 e. The van der Waals surface area contributed by atoms with Crippen LogP contribution in [0.5, 0.6) is 0 Å². The second-order valence-electron chi connectivity index (χ2n) is 6.45. The third-order valence-electron chi connectivity index (χ3n) is 4.99. The number of Topliss-reactive ketones (excluding diaryl/α,β-unsaturated/α-hetero) is 2. The van der Waals surface area contributed by atoms with E-state index in [-0.39, 0.29) is 17.5 Å². The van der Waals surface area contributed by atoms with Gasteiger partial charge in [-0.2, -0.15) is 0 Å². The van der Waals surface area contributed by atoms with Gasteiger partial charge in [-0.3, -0.25) is 9.59 Å². The van der Waals surface area contributed by atoms with Gasteiger partial charge in [0.15, 0.2) is 11.6 Å². The predicted octanol–water partition coefficient (Wildman–Crippen LogP) is 4.04. The summed E-state index contributed by atoms with van der Waals surface area (Å²) in [5.74, 6) is 0.117. The Bertz CT molecular complexity index is 716. The highest BCUT2D eigenvalue weighted by atomic mass is 35.5. The molecule has 0 spiro atoms. The Kier molecular flexibility index (Phi) is 3.61. The van der Waals surface area contributed by atoms with Crippen molar-refractivity contribution in [2.75, 3.05) is 0 Å². The van der Waals surface area contributed by atoms with Crippen LogP contribution >= 0.6 is 11.6 Å². The molecule has 0 atom stereocenters. The van der Waals surface area contributed by atoms with Gasteiger partial charge in [-0.25, -0.2) is 0 Å². The zero-order valence-corrected chi connectivity index (χ0v) is 13.6. The molecule has 1 aromatic carbocycles. The maximum atomic E-state index is 12.6. The third-order valence-corrected chi connectivity index (χ3v) is 5.25. The molecule has 1 aliphatic heterocycles. The van der Waals surface area contributed by atoms with E-state index in [4.69, 9.17) is 11.6 Å². The summed E-state index contributed by atoms with van der Waals surface area (Å²) in [6.07, 6.45) is 4.68. The Labute approximate surface area is 140 Å². The molecule has 0 fully saturated rings. The molecule has 0 saturated carbocycles. The summed E-state index contributed by atoms with van der Waals surface area (Å²) in [5.41, 5.74) is 4.63. The second kappa shape index (κ2) is 5.64. The van der Waals surface area contributed by atoms with E-state index >= 15 is 0 Å². The summed E-state index contributed by atoms with van der Waals surface area (Å²) in [5, 5.41) is 4.08. The first-order valence-electron chi connectivity index (χ1n) is 8.20. The predicted molar refractivity (Wildman–Crippen MR) is 89.1 cm³/mol. The number of nitrogens with one attached hydrogen (secondary N) is 1. The van der Waals surface area contributed by atoms with E-state index in [9.17, 15) is 9.59 Å². The molecular weight excluding hydrogens is 310 g/mol. The molecule has 23 heavy (non-hydrogen) atoms. The lowest BCUT2D eigenvalue weighted by Gasteiger charge is -2.37. The first-order valence-corrected chi connectivity index (χ1v) is 8.58. The summed E-state index contributed by atoms with van der Waals surface area (Å²) in [7, 11) is 0. The van der Waals surface area contributed by atoms with Gasteiger partial charge < -0.3 is 5.32 Å². The molecule has 2 aliphatic carbocycles. The largest absolute Gasteiger partial charge is 0.362 e. The van der Waals surface area contributed by atoms with E-state index in [0.29, 0.717) is 17.9 Å². The zero-order valence-electron chi connectivity index (χ0n) is 12.8. The average Bonchev–Trinajstić information content (AvgIpc) is 2.54. The number of benzene rings is 1. The number of halogens is 1. The molecule has 1 N–H and O–H groups in total. The number of hydrogen-bond donors (Lipinski definition) is 1. The lowest BCUT2D eigenvalue weighted by atomic mass is 9.71. The van der Waals surface area contributed by atoms with Crippen molar-refractivity contribution in [3.63, 3.8) is 0 Å². The summed E-state index contributed by atoms with van der Waals surface area (Å²) in [6.45, 7) is 0. The number of allylic oxidation sites excluding steroid dienone is 4. The molecule has 1 aromatic rings. The van der Waals surface area contributed by atoms with Crippen LogP contribution in [0.25, 0.3) is 0 Å². The van der Waals surface area contributed by atoms with E-state index < -0.39 is 0 Å². The summed E-state index contributed by atoms with van der Waals surface area (Å²) >= 11 is 6.01. The summed E-state index contributed by atoms with van der Waals surface area (Å²) in [4.78, 5) is 25.2. The molecular formula is C19H18ClNO2. The molecule has 3 aliphatic rings. The van der Waals surface area contributed by atoms with Crippen molar-refractivity contribution in [3.8, 4) is 0 Å². The fourth-order valence-electron chi connectivity index (χ4n) is 3.97. The number of carbonyl (C=O) groups is 2. The van der Waals surface area contributed by atoms with Gasteiger partial charge in [0, 0.05) is 46.3 Å². The van der Waals surface area contributed by atoms with Crippen molar-refractivity contribution in [1.29, 1.82) is 0 Å². The van der Waals surface area contributed by atoms with Crippen molar-refractivity contribution in [3.05, 3.63) is 57.4 Å². The number of carbonyl (C=O) groups excluding carboxylic acids is 2. The SMILES string of the molecule is O=C1CCCC2=C1C(c1ccc(Cl)cc1)C1=C(CCCC1=O)N2. The Morgan fingerprint density at radius 1 is 0.826 bits per heavy atom. The fourth-order valence-corrected chi connectivity index (χ4v) is 4.10. The number of ketones is 2. The van der Waals surface area contributed by atoms with Crippen LogP contribution in [0.3, 0.4) is 0 Å². The quantitative estimate of drug-likeness (QED) is 0.846. The van der Waals surface area contributed by atoms with E-state index in [1.54, 1.807) is 0 Å². The molecule has 0 radical (unpaired) electrons. The smallest absolute Gasteiger partial charge is 0.161 e. The first-order chi connectivity index (χ1) is 11.1. The van der Waals surface area contributed by atoms with Crippen LogP contribution in [0.4, 0.5) is 0 Å². The zero-order chi connectivity index (χ0) is 16.0. The molecule has 0 amide bonds. The number of dihydropyridines is 1. The molecule has 4 rings (SSSR count). The van der Waals surface area contributed by atoms with Gasteiger partial charge in [0.05, 0.1) is 0 Å². The van der Waals surface area contributed by atoms with Crippen LogP contribution in [0.1, 0.15) is 50.0 Å². The maximum absolute atomic E-state index is 12.6. The van der Waals surface area contributed by atoms with E-state index in [2.05, 4.69) is 5.32 Å². The Morgan fingerprint density at radius 3 is 1.87 bits per heavy atom. The van der Waals surface area contributed by atoms with E-state index in [1.165, 1.54) is 0 Å². The summed E-state index contributed by atoms with van der Waals surface area (Å²) < 4.78 is 0. The fraction of sp³-hybridized carbons (Fsp3) is 0.368. The Morgan fingerprint density at radius 2 is 1.35 bits per heavy atom. The standard InChI is InChI=1S/C19H18ClNO2/c20-12-9-7-11(8-10-12)17-18-13(3-1-5-15(18)22)21-14-4-2-6-16(23)19(14)17/h7-10,17,21H,1-6H2. The highest BCUT2D eigenvalue weighted by Crippen LogP contribution is 2.45. The minimum atomic E-state index is -0.223. The molecule has 0 unspecified atom stereocenters. The van der Waals surface area contributed by atoms with Gasteiger partial charge in [0.2, 0.25) is 0 Å². The van der Waals surface area contributed by atoms with Crippen LogP contribution in [-0.4, -0.2) is 11.6 Å². The van der Waals surface area contributed by atoms with Crippen molar-refractivity contribution < 1.29 is 9.59 Å². The van der Waals surface area contributed by atoms with Gasteiger partial charge in [-0.1, -0.05) is 23.7 Å². The van der Waals surface area contributed by atoms with Crippen molar-refractivity contribution >= 4 is 23.2 Å². The second-order valence-corrected chi connectivity index (χ2v) is 6.88. The topological polar surface area (TPSA) is 46.2 Å². The normalized spacial score (nSPS) is 22.0. The van der Waals surface area contributed by atoms with Crippen LogP contribution < -0.4 is 5.32 Å². The van der Waals surface area contributed by atoms with Gasteiger partial charge >= 0.3 is 0 Å². The maximum Gasteiger partial charge on any atom is 0.161 e. The Balaban J connectivity index is 1.90. The molecule has 3 nitrogen and oxygen atoms in total. The molecule has 1 heterocycles. The van der Waals surface area contributed by atoms with Crippen LogP contribution in [0.15, 0.2) is 46.8 Å². The van der Waals surface area contributed by atoms with E-state index in [0.717, 1.165) is 53.8 Å². The monoisotopic (exact) mass is 327 g/mol. The molecule has 4 heteroatoms. The highest BCUT2D eigenvalue weighted by molar-refractivity contribution is 6.30. The lowest BCUT2D eigenvalue weighted by molar-refractivity contribution is -0.116. The minimum absolute atomic E-state index is 0.170. The van der Waals surface area contributed by atoms with Crippen LogP contribution in [0, 0.1) is 0 Å². The van der Waals surface area contributed by atoms with Gasteiger partial charge in [0.25, 0.3) is 0 Å². The molecule has 0 aromatic heterocycles. The lowest BCUT2D eigenvalue weighted by Crippen LogP contribution is -2.36. The van der Waals surface area contributed by atoms with Crippen LogP contribution in [0.2, 0.25) is 5.02 Å². The van der Waals surface area contributed by atoms with Crippen molar-refractivity contribution in [2.45, 2.75) is 44.4 Å². The van der Waals surface area contributed by atoms with Gasteiger partial charge in [0.1, 0.15) is 0 Å². The van der Waals surface area contributed by atoms with Gasteiger partial charge in [-0.15, -0.1) is 0 Å². The highest BCUT2D eigenvalue weighted by Gasteiger charge is 2.39. The molecule has 0 bridgehead atoms. The molecule has 0 saturated heterocycles. The first kappa shape index (κ1) is 14.7. The van der Waals surface area contributed by atoms with E-state index in [1.807, 2.05) is 24.3 Å². The summed E-state index contributed by atoms with van der Waals surface area (Å²) in [6, 6.07) is 7.55. The Hall–Kier alpha value is -1.87. The third kappa shape index (κ3) is 2.43. The molecule has 118 valence electrons. The van der Waals surface area contributed by atoms with Crippen molar-refractivity contribution in [2.24, 2.45) is 0 Å². The van der Waals surface area contributed by atoms with Gasteiger partial charge in [-0.05, 0) is 43.4 Å². The average molecular weight is 328 g/mol. The number of rotatable bonds is 1. The van der Waals surface area contributed by atoms with Crippen LogP contribution in [-0.2, 0) is 9.59 Å².